The van der Waals surface area contributed by atoms with Crippen LogP contribution in [0.4, 0.5) is 0 Å². The Morgan fingerprint density at radius 1 is 1.53 bits per heavy atom. The molecule has 0 fully saturated rings. The third-order valence-electron chi connectivity index (χ3n) is 2.20. The standard InChI is InChI=1S/C11H10N2O4/c1-7-4-8(2-3-9(7)11(14)15)16-5-10-12-6-17-13-10/h2-4,6H,5H2,1H3,(H,14,15). The number of carbonyl (C=O) groups is 1. The topological polar surface area (TPSA) is 85.5 Å². The fourth-order valence-electron chi connectivity index (χ4n) is 1.37. The van der Waals surface area contributed by atoms with Crippen molar-refractivity contribution in [3.63, 3.8) is 0 Å². The quantitative estimate of drug-likeness (QED) is 0.865. The van der Waals surface area contributed by atoms with Gasteiger partial charge in [0.1, 0.15) is 5.75 Å². The van der Waals surface area contributed by atoms with Crippen LogP contribution in [0.1, 0.15) is 21.7 Å². The molecule has 0 saturated heterocycles. The van der Waals surface area contributed by atoms with E-state index in [9.17, 15) is 4.79 Å². The number of benzene rings is 1. The van der Waals surface area contributed by atoms with Gasteiger partial charge in [-0.25, -0.2) is 4.79 Å². The minimum absolute atomic E-state index is 0.183. The number of aryl methyl sites for hydroxylation is 1. The molecule has 6 nitrogen and oxygen atoms in total. The predicted octanol–water partition coefficient (Wildman–Crippen LogP) is 1.66. The van der Waals surface area contributed by atoms with Crippen molar-refractivity contribution in [3.05, 3.63) is 41.5 Å². The van der Waals surface area contributed by atoms with Crippen LogP contribution < -0.4 is 4.74 Å². The van der Waals surface area contributed by atoms with E-state index in [4.69, 9.17) is 9.84 Å². The number of aromatic carboxylic acids is 1. The van der Waals surface area contributed by atoms with Crippen LogP contribution in [0.25, 0.3) is 0 Å². The maximum Gasteiger partial charge on any atom is 0.335 e. The minimum atomic E-state index is -0.952. The third-order valence-corrected chi connectivity index (χ3v) is 2.20. The highest BCUT2D eigenvalue weighted by atomic mass is 16.5. The number of carboxylic acids is 1. The molecule has 0 amide bonds. The number of ether oxygens (including phenoxy) is 1. The summed E-state index contributed by atoms with van der Waals surface area (Å²) >= 11 is 0. The van der Waals surface area contributed by atoms with Crippen molar-refractivity contribution < 1.29 is 19.2 Å². The molecule has 0 spiro atoms. The van der Waals surface area contributed by atoms with Gasteiger partial charge in [0.05, 0.1) is 5.56 Å². The van der Waals surface area contributed by atoms with E-state index >= 15 is 0 Å². The van der Waals surface area contributed by atoms with Crippen LogP contribution in [0.5, 0.6) is 5.75 Å². The van der Waals surface area contributed by atoms with E-state index in [-0.39, 0.29) is 12.2 Å². The second-order valence-electron chi connectivity index (χ2n) is 3.42. The molecule has 0 aliphatic heterocycles. The van der Waals surface area contributed by atoms with E-state index in [1.165, 1.54) is 12.5 Å². The number of nitrogens with zero attached hydrogens (tertiary/aromatic N) is 2. The van der Waals surface area contributed by atoms with Gasteiger partial charge in [-0.05, 0) is 30.7 Å². The molecule has 1 aromatic carbocycles. The zero-order valence-corrected chi connectivity index (χ0v) is 9.08. The third kappa shape index (κ3) is 2.60. The molecule has 88 valence electrons. The van der Waals surface area contributed by atoms with Crippen molar-refractivity contribution in [3.8, 4) is 5.75 Å². The molecular weight excluding hydrogens is 224 g/mol. The van der Waals surface area contributed by atoms with Crippen LogP contribution in [0, 0.1) is 6.92 Å². The lowest BCUT2D eigenvalue weighted by atomic mass is 10.1. The van der Waals surface area contributed by atoms with Crippen molar-refractivity contribution in [2.75, 3.05) is 0 Å². The lowest BCUT2D eigenvalue weighted by Crippen LogP contribution is -2.01. The smallest absolute Gasteiger partial charge is 0.335 e. The number of rotatable bonds is 4. The molecule has 0 aliphatic carbocycles. The number of hydrogen-bond donors (Lipinski definition) is 1. The van der Waals surface area contributed by atoms with Gasteiger partial charge in [0.25, 0.3) is 0 Å². The van der Waals surface area contributed by atoms with Crippen LogP contribution in [-0.2, 0) is 6.61 Å². The molecule has 0 bridgehead atoms. The summed E-state index contributed by atoms with van der Waals surface area (Å²) in [6.45, 7) is 1.90. The molecule has 2 aromatic rings. The van der Waals surface area contributed by atoms with Crippen molar-refractivity contribution >= 4 is 5.97 Å². The van der Waals surface area contributed by atoms with Gasteiger partial charge in [0, 0.05) is 0 Å². The highest BCUT2D eigenvalue weighted by Gasteiger charge is 2.08. The lowest BCUT2D eigenvalue weighted by Gasteiger charge is -2.06. The second-order valence-corrected chi connectivity index (χ2v) is 3.42. The fourth-order valence-corrected chi connectivity index (χ4v) is 1.37. The van der Waals surface area contributed by atoms with Gasteiger partial charge in [-0.15, -0.1) is 0 Å². The van der Waals surface area contributed by atoms with Gasteiger partial charge in [-0.3, -0.25) is 0 Å². The first-order chi connectivity index (χ1) is 8.16. The molecule has 0 unspecified atom stereocenters. The first-order valence-corrected chi connectivity index (χ1v) is 4.89. The molecule has 0 atom stereocenters. The van der Waals surface area contributed by atoms with Crippen LogP contribution in [-0.4, -0.2) is 21.2 Å². The molecule has 2 rings (SSSR count). The summed E-state index contributed by atoms with van der Waals surface area (Å²) in [5, 5.41) is 12.5. The number of carboxylic acid groups (broad SMARTS) is 1. The Kier molecular flexibility index (Phi) is 3.04. The summed E-state index contributed by atoms with van der Waals surface area (Å²) in [6.07, 6.45) is 1.22. The summed E-state index contributed by atoms with van der Waals surface area (Å²) in [4.78, 5) is 14.6. The van der Waals surface area contributed by atoms with Crippen LogP contribution in [0.2, 0.25) is 0 Å². The van der Waals surface area contributed by atoms with Gasteiger partial charge in [0.15, 0.2) is 6.61 Å². The Hall–Kier alpha value is -2.37. The first-order valence-electron chi connectivity index (χ1n) is 4.89. The summed E-state index contributed by atoms with van der Waals surface area (Å²) < 4.78 is 9.95. The van der Waals surface area contributed by atoms with E-state index in [2.05, 4.69) is 14.7 Å². The maximum atomic E-state index is 10.8. The van der Waals surface area contributed by atoms with Crippen LogP contribution in [0.15, 0.2) is 29.1 Å². The molecule has 6 heteroatoms. The summed E-state index contributed by atoms with van der Waals surface area (Å²) in [6, 6.07) is 4.75. The number of hydrogen-bond acceptors (Lipinski definition) is 5. The van der Waals surface area contributed by atoms with Gasteiger partial charge in [-0.1, -0.05) is 5.16 Å². The van der Waals surface area contributed by atoms with Crippen LogP contribution >= 0.6 is 0 Å². The zero-order chi connectivity index (χ0) is 12.3. The second kappa shape index (κ2) is 4.65. The van der Waals surface area contributed by atoms with Gasteiger partial charge < -0.3 is 14.4 Å². The van der Waals surface area contributed by atoms with Gasteiger partial charge >= 0.3 is 5.97 Å². The predicted molar refractivity (Wildman–Crippen MR) is 56.8 cm³/mol. The van der Waals surface area contributed by atoms with E-state index in [0.29, 0.717) is 17.1 Å². The molecule has 0 aliphatic rings. The summed E-state index contributed by atoms with van der Waals surface area (Å²) in [5.41, 5.74) is 0.903. The Morgan fingerprint density at radius 2 is 2.35 bits per heavy atom. The highest BCUT2D eigenvalue weighted by Crippen LogP contribution is 2.18. The summed E-state index contributed by atoms with van der Waals surface area (Å²) in [7, 11) is 0. The Morgan fingerprint density at radius 3 is 2.94 bits per heavy atom. The lowest BCUT2D eigenvalue weighted by molar-refractivity contribution is 0.0696. The Bertz CT molecular complexity index is 522. The molecule has 1 heterocycles. The van der Waals surface area contributed by atoms with Crippen LogP contribution in [0.3, 0.4) is 0 Å². The highest BCUT2D eigenvalue weighted by molar-refractivity contribution is 5.89. The average molecular weight is 234 g/mol. The van der Waals surface area contributed by atoms with E-state index in [1.54, 1.807) is 19.1 Å². The maximum absolute atomic E-state index is 10.8. The summed E-state index contributed by atoms with van der Waals surface area (Å²) in [5.74, 6) is 0.0504. The van der Waals surface area contributed by atoms with Crippen molar-refractivity contribution in [1.82, 2.24) is 10.1 Å². The molecular formula is C11H10N2O4. The normalized spacial score (nSPS) is 10.2. The molecule has 17 heavy (non-hydrogen) atoms. The largest absolute Gasteiger partial charge is 0.485 e. The van der Waals surface area contributed by atoms with E-state index < -0.39 is 5.97 Å². The zero-order valence-electron chi connectivity index (χ0n) is 9.08. The Labute approximate surface area is 96.8 Å². The van der Waals surface area contributed by atoms with Gasteiger partial charge in [-0.2, -0.15) is 4.98 Å². The molecule has 1 aromatic heterocycles. The fraction of sp³-hybridized carbons (Fsp3) is 0.182. The van der Waals surface area contributed by atoms with Gasteiger partial charge in [0.2, 0.25) is 12.2 Å². The average Bonchev–Trinajstić information content (AvgIpc) is 2.78. The first kappa shape index (κ1) is 11.1. The SMILES string of the molecule is Cc1cc(OCc2ncon2)ccc1C(=O)O. The van der Waals surface area contributed by atoms with E-state index in [0.717, 1.165) is 0 Å². The molecule has 0 saturated carbocycles. The number of aromatic nitrogens is 2. The van der Waals surface area contributed by atoms with Crippen molar-refractivity contribution in [1.29, 1.82) is 0 Å². The Balaban J connectivity index is 2.07. The van der Waals surface area contributed by atoms with Crippen molar-refractivity contribution in [2.24, 2.45) is 0 Å². The van der Waals surface area contributed by atoms with Crippen molar-refractivity contribution in [2.45, 2.75) is 13.5 Å². The van der Waals surface area contributed by atoms with E-state index in [1.807, 2.05) is 0 Å². The molecule has 0 radical (unpaired) electrons. The molecule has 1 N–H and O–H groups in total. The monoisotopic (exact) mass is 234 g/mol. The minimum Gasteiger partial charge on any atom is -0.485 e.